The topological polar surface area (TPSA) is 108 Å². The zero-order chi connectivity index (χ0) is 20.4. The number of ether oxygens (including phenoxy) is 1. The molecule has 0 unspecified atom stereocenters. The van der Waals surface area contributed by atoms with E-state index in [0.29, 0.717) is 5.56 Å². The standard InChI is InChI=1S/C18H21ClN2O5S/c1-4-7-21-11(2)8-14(12(21)3)16(22)10-26-18(23)13-5-6-15(19)17(9-13)27(20,24)25/h5-6,8-9H,4,7,10H2,1-3H3,(H2,20,24,25). The lowest BCUT2D eigenvalue weighted by Crippen LogP contribution is -2.17. The zero-order valence-corrected chi connectivity index (χ0v) is 16.9. The van der Waals surface area contributed by atoms with Crippen molar-refractivity contribution in [2.24, 2.45) is 5.14 Å². The Hall–Kier alpha value is -2.16. The van der Waals surface area contributed by atoms with Gasteiger partial charge in [-0.2, -0.15) is 0 Å². The van der Waals surface area contributed by atoms with Gasteiger partial charge in [0.1, 0.15) is 4.90 Å². The van der Waals surface area contributed by atoms with Gasteiger partial charge in [-0.1, -0.05) is 18.5 Å². The van der Waals surface area contributed by atoms with Gasteiger partial charge in [-0.3, -0.25) is 4.79 Å². The second-order valence-corrected chi connectivity index (χ2v) is 8.06. The molecule has 0 atom stereocenters. The molecule has 0 bridgehead atoms. The van der Waals surface area contributed by atoms with Crippen molar-refractivity contribution >= 4 is 33.4 Å². The van der Waals surface area contributed by atoms with Crippen molar-refractivity contribution in [3.63, 3.8) is 0 Å². The number of primary sulfonamides is 1. The molecule has 27 heavy (non-hydrogen) atoms. The minimum Gasteiger partial charge on any atom is -0.454 e. The van der Waals surface area contributed by atoms with E-state index in [2.05, 4.69) is 0 Å². The van der Waals surface area contributed by atoms with E-state index in [9.17, 15) is 18.0 Å². The molecule has 1 aromatic heterocycles. The fourth-order valence-electron chi connectivity index (χ4n) is 2.79. The van der Waals surface area contributed by atoms with E-state index in [4.69, 9.17) is 21.5 Å². The number of sulfonamides is 1. The molecule has 7 nitrogen and oxygen atoms in total. The number of hydrogen-bond donors (Lipinski definition) is 1. The lowest BCUT2D eigenvalue weighted by atomic mass is 10.1. The maximum atomic E-state index is 12.4. The molecule has 0 aliphatic carbocycles. The minimum absolute atomic E-state index is 0.0623. The molecule has 1 heterocycles. The third-order valence-corrected chi connectivity index (χ3v) is 5.52. The average Bonchev–Trinajstić information content (AvgIpc) is 2.87. The first kappa shape index (κ1) is 21.1. The van der Waals surface area contributed by atoms with E-state index in [0.717, 1.165) is 30.4 Å². The van der Waals surface area contributed by atoms with Gasteiger partial charge in [-0.15, -0.1) is 0 Å². The van der Waals surface area contributed by atoms with Gasteiger partial charge in [0, 0.05) is 23.5 Å². The largest absolute Gasteiger partial charge is 0.454 e. The average molecular weight is 413 g/mol. The Kier molecular flexibility index (Phi) is 6.46. The summed E-state index contributed by atoms with van der Waals surface area (Å²) in [5, 5.41) is 4.96. The number of Topliss-reactive ketones (excluding diaryl/α,β-unsaturated/α-hetero) is 1. The Morgan fingerprint density at radius 1 is 1.22 bits per heavy atom. The summed E-state index contributed by atoms with van der Waals surface area (Å²) in [7, 11) is -4.09. The summed E-state index contributed by atoms with van der Waals surface area (Å²) in [5.41, 5.74) is 2.21. The molecular formula is C18H21ClN2O5S. The fraction of sp³-hybridized carbons (Fsp3) is 0.333. The maximum Gasteiger partial charge on any atom is 0.338 e. The number of carbonyl (C=O) groups is 2. The first-order chi connectivity index (χ1) is 12.6. The van der Waals surface area contributed by atoms with Crippen molar-refractivity contribution in [2.45, 2.75) is 38.6 Å². The summed E-state index contributed by atoms with van der Waals surface area (Å²) < 4.78 is 30.1. The molecule has 146 valence electrons. The molecule has 2 N–H and O–H groups in total. The Morgan fingerprint density at radius 2 is 1.89 bits per heavy atom. The van der Waals surface area contributed by atoms with Crippen LogP contribution in [0.1, 0.15) is 45.4 Å². The van der Waals surface area contributed by atoms with Gasteiger partial charge >= 0.3 is 5.97 Å². The van der Waals surface area contributed by atoms with Crippen molar-refractivity contribution in [3.8, 4) is 0 Å². The van der Waals surface area contributed by atoms with Crippen LogP contribution < -0.4 is 5.14 Å². The highest BCUT2D eigenvalue weighted by molar-refractivity contribution is 7.89. The summed E-state index contributed by atoms with van der Waals surface area (Å²) >= 11 is 5.79. The van der Waals surface area contributed by atoms with Crippen molar-refractivity contribution in [3.05, 3.63) is 51.8 Å². The highest BCUT2D eigenvalue weighted by Crippen LogP contribution is 2.22. The van der Waals surface area contributed by atoms with E-state index < -0.39 is 22.6 Å². The molecule has 0 saturated carbocycles. The van der Waals surface area contributed by atoms with Crippen LogP contribution in [0.25, 0.3) is 0 Å². The van der Waals surface area contributed by atoms with E-state index in [1.165, 1.54) is 12.1 Å². The van der Waals surface area contributed by atoms with Crippen LogP contribution in [-0.2, 0) is 21.3 Å². The molecule has 1 aromatic carbocycles. The van der Waals surface area contributed by atoms with Crippen LogP contribution in [0.2, 0.25) is 5.02 Å². The quantitative estimate of drug-likeness (QED) is 0.555. The molecule has 9 heteroatoms. The van der Waals surface area contributed by atoms with Crippen molar-refractivity contribution in [2.75, 3.05) is 6.61 Å². The van der Waals surface area contributed by atoms with E-state index in [1.807, 2.05) is 25.3 Å². The number of ketones is 1. The first-order valence-corrected chi connectivity index (χ1v) is 10.2. The number of halogens is 1. The molecule has 2 rings (SSSR count). The third-order valence-electron chi connectivity index (χ3n) is 4.13. The molecule has 0 aliphatic rings. The summed E-state index contributed by atoms with van der Waals surface area (Å²) in [6.45, 7) is 6.14. The number of rotatable bonds is 7. The van der Waals surface area contributed by atoms with Crippen LogP contribution in [0.4, 0.5) is 0 Å². The smallest absolute Gasteiger partial charge is 0.338 e. The van der Waals surface area contributed by atoms with Crippen LogP contribution >= 0.6 is 11.6 Å². The molecule has 2 aromatic rings. The summed E-state index contributed by atoms with van der Waals surface area (Å²) in [6.07, 6.45) is 0.932. The number of carbonyl (C=O) groups excluding carboxylic acids is 2. The maximum absolute atomic E-state index is 12.4. The monoisotopic (exact) mass is 412 g/mol. The Morgan fingerprint density at radius 3 is 2.48 bits per heavy atom. The number of hydrogen-bond acceptors (Lipinski definition) is 5. The predicted octanol–water partition coefficient (Wildman–Crippen LogP) is 2.86. The number of nitrogens with two attached hydrogens (primary N) is 1. The molecule has 0 aliphatic heterocycles. The normalized spacial score (nSPS) is 11.4. The number of esters is 1. The van der Waals surface area contributed by atoms with Crippen LogP contribution in [0.3, 0.4) is 0 Å². The second kappa shape index (κ2) is 8.24. The summed E-state index contributed by atoms with van der Waals surface area (Å²) in [4.78, 5) is 24.2. The van der Waals surface area contributed by atoms with E-state index >= 15 is 0 Å². The number of aromatic nitrogens is 1. The van der Waals surface area contributed by atoms with Crippen molar-refractivity contribution in [1.29, 1.82) is 0 Å². The fourth-order valence-corrected chi connectivity index (χ4v) is 3.86. The highest BCUT2D eigenvalue weighted by atomic mass is 35.5. The lowest BCUT2D eigenvalue weighted by Gasteiger charge is -2.08. The number of nitrogens with zero attached hydrogens (tertiary/aromatic N) is 1. The first-order valence-electron chi connectivity index (χ1n) is 8.25. The molecule has 0 radical (unpaired) electrons. The zero-order valence-electron chi connectivity index (χ0n) is 15.3. The number of aryl methyl sites for hydroxylation is 1. The predicted molar refractivity (Wildman–Crippen MR) is 102 cm³/mol. The van der Waals surface area contributed by atoms with E-state index in [-0.39, 0.29) is 21.3 Å². The highest BCUT2D eigenvalue weighted by Gasteiger charge is 2.20. The van der Waals surface area contributed by atoms with E-state index in [1.54, 1.807) is 6.07 Å². The van der Waals surface area contributed by atoms with Gasteiger partial charge in [0.25, 0.3) is 0 Å². The molecule has 0 spiro atoms. The Labute approximate surface area is 163 Å². The van der Waals surface area contributed by atoms with Gasteiger partial charge in [-0.25, -0.2) is 18.4 Å². The molecule has 0 fully saturated rings. The van der Waals surface area contributed by atoms with Crippen molar-refractivity contribution < 1.29 is 22.7 Å². The second-order valence-electron chi connectivity index (χ2n) is 6.13. The van der Waals surface area contributed by atoms with Crippen LogP contribution in [0, 0.1) is 13.8 Å². The Bertz CT molecular complexity index is 995. The van der Waals surface area contributed by atoms with Gasteiger partial charge in [0.05, 0.1) is 10.6 Å². The third kappa shape index (κ3) is 4.77. The van der Waals surface area contributed by atoms with Gasteiger partial charge in [-0.05, 0) is 44.5 Å². The van der Waals surface area contributed by atoms with Gasteiger partial charge in [0.15, 0.2) is 6.61 Å². The van der Waals surface area contributed by atoms with Crippen LogP contribution in [0.15, 0.2) is 29.2 Å². The van der Waals surface area contributed by atoms with Crippen LogP contribution in [-0.4, -0.2) is 31.3 Å². The van der Waals surface area contributed by atoms with Crippen LogP contribution in [0.5, 0.6) is 0 Å². The summed E-state index contributed by atoms with van der Waals surface area (Å²) in [5.74, 6) is -1.17. The Balaban J connectivity index is 2.14. The molecule has 0 amide bonds. The SMILES string of the molecule is CCCn1c(C)cc(C(=O)COC(=O)c2ccc(Cl)c(S(N)(=O)=O)c2)c1C. The molecule has 0 saturated heterocycles. The van der Waals surface area contributed by atoms with Gasteiger partial charge in [0.2, 0.25) is 15.8 Å². The lowest BCUT2D eigenvalue weighted by molar-refractivity contribution is 0.0474. The molecular weight excluding hydrogens is 392 g/mol. The van der Waals surface area contributed by atoms with Crippen molar-refractivity contribution in [1.82, 2.24) is 4.57 Å². The van der Waals surface area contributed by atoms with Gasteiger partial charge < -0.3 is 9.30 Å². The number of benzene rings is 1. The summed E-state index contributed by atoms with van der Waals surface area (Å²) in [6, 6.07) is 5.33. The minimum atomic E-state index is -4.09.